The number of hydrogen-bond donors (Lipinski definition) is 2. The molecule has 0 radical (unpaired) electrons. The van der Waals surface area contributed by atoms with Crippen LogP contribution < -0.4 is 10.6 Å². The van der Waals surface area contributed by atoms with E-state index in [0.29, 0.717) is 13.0 Å². The summed E-state index contributed by atoms with van der Waals surface area (Å²) in [5.41, 5.74) is 0. The first-order valence-corrected chi connectivity index (χ1v) is 9.47. The zero-order valence-electron chi connectivity index (χ0n) is 14.6. The lowest BCUT2D eigenvalue weighted by Gasteiger charge is -2.21. The van der Waals surface area contributed by atoms with Crippen LogP contribution in [0, 0.1) is 0 Å². The highest BCUT2D eigenvalue weighted by molar-refractivity contribution is 8.00. The van der Waals surface area contributed by atoms with E-state index in [1.54, 1.807) is 0 Å². The van der Waals surface area contributed by atoms with Crippen molar-refractivity contribution in [1.29, 1.82) is 0 Å². The Labute approximate surface area is 139 Å². The first-order chi connectivity index (χ1) is 10.5. The maximum Gasteiger partial charge on any atom is 0.224 e. The molecule has 128 valence electrons. The van der Waals surface area contributed by atoms with Gasteiger partial charge in [0.05, 0.1) is 6.54 Å². The molecular weight excluding hydrogens is 296 g/mol. The van der Waals surface area contributed by atoms with Crippen LogP contribution in [0.5, 0.6) is 0 Å². The van der Waals surface area contributed by atoms with Gasteiger partial charge in [0, 0.05) is 37.3 Å². The highest BCUT2D eigenvalue weighted by atomic mass is 32.2. The number of nitrogens with one attached hydrogen (secondary N) is 2. The van der Waals surface area contributed by atoms with Gasteiger partial charge in [0.2, 0.25) is 5.91 Å². The second-order valence-corrected chi connectivity index (χ2v) is 7.52. The van der Waals surface area contributed by atoms with Crippen LogP contribution in [0.3, 0.4) is 0 Å². The van der Waals surface area contributed by atoms with Gasteiger partial charge in [-0.05, 0) is 46.3 Å². The predicted octanol–water partition coefficient (Wildman–Crippen LogP) is 2.09. The molecule has 1 amide bonds. The molecule has 0 bridgehead atoms. The molecule has 6 heteroatoms. The van der Waals surface area contributed by atoms with Gasteiger partial charge in [-0.25, -0.2) is 0 Å². The van der Waals surface area contributed by atoms with E-state index in [0.717, 1.165) is 32.1 Å². The molecule has 0 saturated carbocycles. The van der Waals surface area contributed by atoms with Crippen LogP contribution in [-0.2, 0) is 4.79 Å². The van der Waals surface area contributed by atoms with Crippen molar-refractivity contribution in [3.63, 3.8) is 0 Å². The van der Waals surface area contributed by atoms with Gasteiger partial charge in [-0.2, -0.15) is 11.8 Å². The van der Waals surface area contributed by atoms with E-state index in [4.69, 9.17) is 4.99 Å². The highest BCUT2D eigenvalue weighted by Gasteiger charge is 2.29. The zero-order chi connectivity index (χ0) is 16.4. The highest BCUT2D eigenvalue weighted by Crippen LogP contribution is 2.37. The predicted molar refractivity (Wildman–Crippen MR) is 96.6 cm³/mol. The Morgan fingerprint density at radius 2 is 2.00 bits per heavy atom. The summed E-state index contributed by atoms with van der Waals surface area (Å²) >= 11 is 2.02. The summed E-state index contributed by atoms with van der Waals surface area (Å²) in [4.78, 5) is 18.5. The van der Waals surface area contributed by atoms with Crippen LogP contribution >= 0.6 is 11.8 Å². The molecule has 0 spiro atoms. The molecule has 22 heavy (non-hydrogen) atoms. The smallest absolute Gasteiger partial charge is 0.224 e. The Bertz CT molecular complexity index is 363. The van der Waals surface area contributed by atoms with Crippen LogP contribution in [0.15, 0.2) is 4.99 Å². The SMILES string of the molecule is CCNC(=NCC1(C)CCCS1)NCCC(=O)N(CC)CC. The number of carbonyl (C=O) groups excluding carboxylic acids is 1. The number of amides is 1. The first kappa shape index (κ1) is 19.1. The molecule has 0 aromatic rings. The Morgan fingerprint density at radius 1 is 1.27 bits per heavy atom. The summed E-state index contributed by atoms with van der Waals surface area (Å²) in [6, 6.07) is 0. The van der Waals surface area contributed by atoms with E-state index < -0.39 is 0 Å². The molecule has 2 N–H and O–H groups in total. The third kappa shape index (κ3) is 6.46. The first-order valence-electron chi connectivity index (χ1n) is 8.48. The topological polar surface area (TPSA) is 56.7 Å². The number of hydrogen-bond acceptors (Lipinski definition) is 3. The molecule has 5 nitrogen and oxygen atoms in total. The third-order valence-corrected chi connectivity index (χ3v) is 5.49. The average molecular weight is 329 g/mol. The molecule has 1 unspecified atom stereocenters. The van der Waals surface area contributed by atoms with Crippen LogP contribution in [0.4, 0.5) is 0 Å². The lowest BCUT2D eigenvalue weighted by Crippen LogP contribution is -2.41. The summed E-state index contributed by atoms with van der Waals surface area (Å²) < 4.78 is 0.277. The Morgan fingerprint density at radius 3 is 2.55 bits per heavy atom. The van der Waals surface area contributed by atoms with E-state index in [-0.39, 0.29) is 10.7 Å². The molecule has 1 rings (SSSR count). The number of aliphatic imine (C=N–C) groups is 1. The van der Waals surface area contributed by atoms with Gasteiger partial charge in [0.15, 0.2) is 5.96 Å². The fourth-order valence-corrected chi connectivity index (χ4v) is 3.80. The van der Waals surface area contributed by atoms with Crippen molar-refractivity contribution >= 4 is 23.6 Å². The minimum atomic E-state index is 0.201. The standard InChI is InChI=1S/C16H32N4OS/c1-5-17-15(19-13-16(4)10-8-12-22-16)18-11-9-14(21)20(6-2)7-3/h5-13H2,1-4H3,(H2,17,18,19). The molecule has 0 aliphatic carbocycles. The lowest BCUT2D eigenvalue weighted by molar-refractivity contribution is -0.130. The van der Waals surface area contributed by atoms with E-state index in [9.17, 15) is 4.79 Å². The van der Waals surface area contributed by atoms with E-state index in [1.165, 1.54) is 18.6 Å². The lowest BCUT2D eigenvalue weighted by atomic mass is 10.1. The Hall–Kier alpha value is -0.910. The van der Waals surface area contributed by atoms with Crippen molar-refractivity contribution < 1.29 is 4.79 Å². The fraction of sp³-hybridized carbons (Fsp3) is 0.875. The second kappa shape index (κ2) is 9.98. The Kier molecular flexibility index (Phi) is 8.68. The minimum Gasteiger partial charge on any atom is -0.357 e. The molecule has 1 fully saturated rings. The van der Waals surface area contributed by atoms with Crippen molar-refractivity contribution in [2.45, 2.75) is 51.7 Å². The number of guanidine groups is 1. The quantitative estimate of drug-likeness (QED) is 0.529. The molecule has 1 atom stereocenters. The van der Waals surface area contributed by atoms with Crippen molar-refractivity contribution in [3.8, 4) is 0 Å². The van der Waals surface area contributed by atoms with Gasteiger partial charge >= 0.3 is 0 Å². The molecular formula is C16H32N4OS. The van der Waals surface area contributed by atoms with Crippen molar-refractivity contribution in [2.75, 3.05) is 38.5 Å². The van der Waals surface area contributed by atoms with Crippen molar-refractivity contribution in [2.24, 2.45) is 4.99 Å². The summed E-state index contributed by atoms with van der Waals surface area (Å²) in [5.74, 6) is 2.27. The van der Waals surface area contributed by atoms with E-state index in [2.05, 4.69) is 24.5 Å². The molecule has 1 aliphatic heterocycles. The van der Waals surface area contributed by atoms with Gasteiger partial charge in [-0.1, -0.05) is 0 Å². The maximum absolute atomic E-state index is 12.0. The second-order valence-electron chi connectivity index (χ2n) is 5.84. The number of carbonyl (C=O) groups is 1. The zero-order valence-corrected chi connectivity index (χ0v) is 15.4. The van der Waals surface area contributed by atoms with Crippen LogP contribution in [0.2, 0.25) is 0 Å². The maximum atomic E-state index is 12.0. The molecule has 1 aliphatic rings. The Balaban J connectivity index is 2.41. The molecule has 0 aromatic heterocycles. The van der Waals surface area contributed by atoms with E-state index in [1.807, 2.05) is 30.5 Å². The summed E-state index contributed by atoms with van der Waals surface area (Å²) in [6.07, 6.45) is 3.04. The normalized spacial score (nSPS) is 21.7. The number of rotatable bonds is 8. The van der Waals surface area contributed by atoms with E-state index >= 15 is 0 Å². The minimum absolute atomic E-state index is 0.201. The third-order valence-electron chi connectivity index (χ3n) is 3.96. The van der Waals surface area contributed by atoms with Gasteiger partial charge in [0.1, 0.15) is 0 Å². The number of nitrogens with zero attached hydrogens (tertiary/aromatic N) is 2. The molecule has 1 heterocycles. The summed E-state index contributed by atoms with van der Waals surface area (Å²) in [7, 11) is 0. The van der Waals surface area contributed by atoms with Gasteiger partial charge in [0.25, 0.3) is 0 Å². The summed E-state index contributed by atoms with van der Waals surface area (Å²) in [6.45, 7) is 12.2. The van der Waals surface area contributed by atoms with Gasteiger partial charge in [-0.15, -0.1) is 0 Å². The van der Waals surface area contributed by atoms with Crippen molar-refractivity contribution in [3.05, 3.63) is 0 Å². The molecule has 1 saturated heterocycles. The van der Waals surface area contributed by atoms with Crippen molar-refractivity contribution in [1.82, 2.24) is 15.5 Å². The molecule has 0 aromatic carbocycles. The summed E-state index contributed by atoms with van der Waals surface area (Å²) in [5, 5.41) is 6.54. The van der Waals surface area contributed by atoms with Crippen LogP contribution in [-0.4, -0.2) is 60.0 Å². The van der Waals surface area contributed by atoms with Gasteiger partial charge in [-0.3, -0.25) is 9.79 Å². The van der Waals surface area contributed by atoms with Crippen LogP contribution in [0.1, 0.15) is 47.0 Å². The van der Waals surface area contributed by atoms with Gasteiger partial charge < -0.3 is 15.5 Å². The average Bonchev–Trinajstić information content (AvgIpc) is 2.93. The fourth-order valence-electron chi connectivity index (χ4n) is 2.57. The largest absolute Gasteiger partial charge is 0.357 e. The van der Waals surface area contributed by atoms with Crippen LogP contribution in [0.25, 0.3) is 0 Å². The monoisotopic (exact) mass is 328 g/mol. The number of thioether (sulfide) groups is 1.